The second-order valence-corrected chi connectivity index (χ2v) is 9.36. The lowest BCUT2D eigenvalue weighted by atomic mass is 10.1. The topological polar surface area (TPSA) is 32.7 Å². The molecule has 0 spiro atoms. The van der Waals surface area contributed by atoms with E-state index in [0.717, 1.165) is 6.42 Å². The molecule has 0 atom stereocenters. The van der Waals surface area contributed by atoms with Crippen molar-refractivity contribution in [3.8, 4) is 0 Å². The fourth-order valence-electron chi connectivity index (χ4n) is 0.859. The van der Waals surface area contributed by atoms with Crippen LogP contribution in [0.3, 0.4) is 0 Å². The van der Waals surface area contributed by atoms with Crippen LogP contribution in [0, 0.1) is 0 Å². The van der Waals surface area contributed by atoms with Gasteiger partial charge in [-0.05, 0) is 6.42 Å². The van der Waals surface area contributed by atoms with E-state index in [4.69, 9.17) is 0 Å². The number of nitrogens with zero attached hydrogens (tertiary/aromatic N) is 2. The summed E-state index contributed by atoms with van der Waals surface area (Å²) in [6.07, 6.45) is 1.27. The number of Topliss-reactive ketones (excluding diaryl/α,β-unsaturated/α-hetero) is 1. The Morgan fingerprint density at radius 1 is 1.21 bits per heavy atom. The van der Waals surface area contributed by atoms with Crippen molar-refractivity contribution in [3.05, 3.63) is 0 Å². The summed E-state index contributed by atoms with van der Waals surface area (Å²) in [5, 5.41) is 4.40. The van der Waals surface area contributed by atoms with Crippen molar-refractivity contribution < 1.29 is 4.79 Å². The number of hydrogen-bond donors (Lipinski definition) is 0. The van der Waals surface area contributed by atoms with Crippen LogP contribution in [0.2, 0.25) is 19.6 Å². The summed E-state index contributed by atoms with van der Waals surface area (Å²) in [6.45, 7) is 10.5. The average Bonchev–Trinajstić information content (AvgIpc) is 2.10. The molecule has 0 saturated carbocycles. The van der Waals surface area contributed by atoms with Crippen LogP contribution in [-0.2, 0) is 4.79 Å². The van der Waals surface area contributed by atoms with Gasteiger partial charge in [0.05, 0.1) is 0 Å². The molecule has 82 valence electrons. The van der Waals surface area contributed by atoms with E-state index in [1.165, 1.54) is 0 Å². The van der Waals surface area contributed by atoms with Gasteiger partial charge in [-0.3, -0.25) is 4.79 Å². The first-order chi connectivity index (χ1) is 6.32. The summed E-state index contributed by atoms with van der Waals surface area (Å²) in [7, 11) is 0.558. The third-order valence-corrected chi connectivity index (χ3v) is 4.26. The minimum absolute atomic E-state index is 0.164. The van der Waals surface area contributed by atoms with Crippen LogP contribution >= 0.6 is 0 Å². The van der Waals surface area contributed by atoms with Gasteiger partial charge in [-0.2, -0.15) is 5.10 Å². The summed E-state index contributed by atoms with van der Waals surface area (Å²) in [5.41, 5.74) is 0.706. The van der Waals surface area contributed by atoms with Crippen molar-refractivity contribution in [2.45, 2.75) is 46.3 Å². The molecule has 0 aliphatic carbocycles. The molecule has 0 saturated heterocycles. The average molecular weight is 214 g/mol. The molecular formula is C10H22N2OSi. The minimum Gasteiger partial charge on any atom is -0.327 e. The van der Waals surface area contributed by atoms with Crippen LogP contribution in [0.25, 0.3) is 0 Å². The van der Waals surface area contributed by atoms with Gasteiger partial charge >= 0.3 is 0 Å². The van der Waals surface area contributed by atoms with Crippen molar-refractivity contribution in [3.63, 3.8) is 0 Å². The van der Waals surface area contributed by atoms with Crippen LogP contribution in [0.4, 0.5) is 0 Å². The predicted octanol–water partition coefficient (Wildman–Crippen LogP) is 2.50. The van der Waals surface area contributed by atoms with Gasteiger partial charge in [-0.1, -0.05) is 33.5 Å². The van der Waals surface area contributed by atoms with Gasteiger partial charge in [0.2, 0.25) is 0 Å². The quantitative estimate of drug-likeness (QED) is 0.400. The SMILES string of the molecule is CCC(=O)/C(CC)=N/N(C)[Si](C)(C)C. The molecule has 0 aliphatic rings. The lowest BCUT2D eigenvalue weighted by Crippen LogP contribution is -2.40. The van der Waals surface area contributed by atoms with Crippen molar-refractivity contribution in [1.82, 2.24) is 4.67 Å². The number of hydrazone groups is 1. The van der Waals surface area contributed by atoms with E-state index < -0.39 is 8.24 Å². The Bertz CT molecular complexity index is 231. The second kappa shape index (κ2) is 5.29. The van der Waals surface area contributed by atoms with Crippen LogP contribution in [0.15, 0.2) is 5.10 Å². The number of rotatable bonds is 5. The van der Waals surface area contributed by atoms with Crippen LogP contribution in [0.1, 0.15) is 26.7 Å². The van der Waals surface area contributed by atoms with E-state index in [2.05, 4.69) is 24.7 Å². The van der Waals surface area contributed by atoms with E-state index in [9.17, 15) is 4.79 Å². The summed E-state index contributed by atoms with van der Waals surface area (Å²) >= 11 is 0. The maximum Gasteiger partial charge on any atom is 0.178 e. The molecule has 0 unspecified atom stereocenters. The molecule has 0 heterocycles. The molecule has 0 radical (unpaired) electrons. The van der Waals surface area contributed by atoms with E-state index >= 15 is 0 Å². The van der Waals surface area contributed by atoms with Gasteiger partial charge in [-0.25, -0.2) is 0 Å². The van der Waals surface area contributed by atoms with E-state index in [1.54, 1.807) is 0 Å². The monoisotopic (exact) mass is 214 g/mol. The molecule has 4 heteroatoms. The lowest BCUT2D eigenvalue weighted by Gasteiger charge is -2.27. The molecule has 0 bridgehead atoms. The highest BCUT2D eigenvalue weighted by Crippen LogP contribution is 2.08. The number of ketones is 1. The predicted molar refractivity (Wildman–Crippen MR) is 64.1 cm³/mol. The van der Waals surface area contributed by atoms with Crippen LogP contribution in [0.5, 0.6) is 0 Å². The first kappa shape index (κ1) is 13.4. The number of hydrogen-bond acceptors (Lipinski definition) is 3. The molecule has 0 amide bonds. The fraction of sp³-hybridized carbons (Fsp3) is 0.800. The normalized spacial score (nSPS) is 12.9. The Hall–Kier alpha value is -0.643. The largest absolute Gasteiger partial charge is 0.327 e. The number of carbonyl (C=O) groups excluding carboxylic acids is 1. The van der Waals surface area contributed by atoms with Crippen molar-refractivity contribution in [1.29, 1.82) is 0 Å². The van der Waals surface area contributed by atoms with Gasteiger partial charge in [0, 0.05) is 13.5 Å². The maximum atomic E-state index is 11.5. The standard InChI is InChI=1S/C10H22N2OSi/c1-7-9(10(13)8-2)11-12(3)14(4,5)6/h7-8H2,1-6H3/b11-9+. The molecule has 14 heavy (non-hydrogen) atoms. The van der Waals surface area contributed by atoms with Gasteiger partial charge < -0.3 is 4.67 Å². The van der Waals surface area contributed by atoms with Gasteiger partial charge in [-0.15, -0.1) is 0 Å². The lowest BCUT2D eigenvalue weighted by molar-refractivity contribution is -0.112. The summed E-state index contributed by atoms with van der Waals surface area (Å²) in [4.78, 5) is 11.5. The highest BCUT2D eigenvalue weighted by molar-refractivity contribution is 6.73. The molecule has 0 fully saturated rings. The Morgan fingerprint density at radius 3 is 2.00 bits per heavy atom. The molecule has 0 N–H and O–H groups in total. The van der Waals surface area contributed by atoms with Crippen LogP contribution < -0.4 is 0 Å². The molecule has 0 aliphatic heterocycles. The summed E-state index contributed by atoms with van der Waals surface area (Å²) in [6, 6.07) is 0. The van der Waals surface area contributed by atoms with E-state index in [1.807, 2.05) is 25.6 Å². The smallest absolute Gasteiger partial charge is 0.178 e. The first-order valence-electron chi connectivity index (χ1n) is 5.17. The zero-order valence-electron chi connectivity index (χ0n) is 10.2. The summed E-state index contributed by atoms with van der Waals surface area (Å²) in [5.74, 6) is 0.164. The molecule has 0 rings (SSSR count). The van der Waals surface area contributed by atoms with Gasteiger partial charge in [0.15, 0.2) is 14.0 Å². The Morgan fingerprint density at radius 2 is 1.71 bits per heavy atom. The molecule has 0 aromatic carbocycles. The molecule has 0 aromatic rings. The van der Waals surface area contributed by atoms with Crippen molar-refractivity contribution in [2.24, 2.45) is 5.10 Å². The number of carbonyl (C=O) groups is 1. The Balaban J connectivity index is 4.68. The van der Waals surface area contributed by atoms with Crippen LogP contribution in [-0.4, -0.2) is 31.5 Å². The molecule has 0 aromatic heterocycles. The first-order valence-corrected chi connectivity index (χ1v) is 8.62. The van der Waals surface area contributed by atoms with Crippen molar-refractivity contribution in [2.75, 3.05) is 7.05 Å². The van der Waals surface area contributed by atoms with Gasteiger partial charge in [0.1, 0.15) is 5.71 Å². The highest BCUT2D eigenvalue weighted by Gasteiger charge is 2.20. The fourth-order valence-corrected chi connectivity index (χ4v) is 1.28. The van der Waals surface area contributed by atoms with Gasteiger partial charge in [0.25, 0.3) is 0 Å². The molecular weight excluding hydrogens is 192 g/mol. The summed E-state index contributed by atoms with van der Waals surface area (Å²) < 4.78 is 1.99. The highest BCUT2D eigenvalue weighted by atomic mass is 28.3. The Kier molecular flexibility index (Phi) is 5.05. The Labute approximate surface area is 88.3 Å². The maximum absolute atomic E-state index is 11.5. The van der Waals surface area contributed by atoms with Crippen molar-refractivity contribution >= 4 is 19.7 Å². The van der Waals surface area contributed by atoms with E-state index in [-0.39, 0.29) is 5.78 Å². The molecule has 3 nitrogen and oxygen atoms in total. The zero-order chi connectivity index (χ0) is 11.4. The second-order valence-electron chi connectivity index (χ2n) is 4.37. The minimum atomic E-state index is -1.40. The van der Waals surface area contributed by atoms with E-state index in [0.29, 0.717) is 12.1 Å². The zero-order valence-corrected chi connectivity index (χ0v) is 11.2. The third-order valence-electron chi connectivity index (χ3n) is 2.22. The third kappa shape index (κ3) is 4.04.